The smallest absolute Gasteiger partial charge is 0.191 e. The monoisotopic (exact) mass is 439 g/mol. The second-order valence-corrected chi connectivity index (χ2v) is 6.71. The van der Waals surface area contributed by atoms with Crippen molar-refractivity contribution >= 4 is 29.9 Å². The third-order valence-electron chi connectivity index (χ3n) is 4.37. The van der Waals surface area contributed by atoms with Gasteiger partial charge in [-0.3, -0.25) is 14.8 Å². The largest absolute Gasteiger partial charge is 0.355 e. The van der Waals surface area contributed by atoms with Gasteiger partial charge in [0, 0.05) is 51.4 Å². The van der Waals surface area contributed by atoms with Gasteiger partial charge < -0.3 is 10.6 Å². The fourth-order valence-corrected chi connectivity index (χ4v) is 2.99. The van der Waals surface area contributed by atoms with Gasteiger partial charge >= 0.3 is 0 Å². The van der Waals surface area contributed by atoms with Crippen LogP contribution in [0.1, 0.15) is 47.5 Å². The minimum Gasteiger partial charge on any atom is -0.355 e. The number of nitrogens with zero attached hydrogens (tertiary/aromatic N) is 3. The summed E-state index contributed by atoms with van der Waals surface area (Å²) >= 11 is 0. The lowest BCUT2D eigenvalue weighted by Crippen LogP contribution is -2.46. The van der Waals surface area contributed by atoms with Crippen molar-refractivity contribution in [3.05, 3.63) is 0 Å². The van der Waals surface area contributed by atoms with Crippen LogP contribution in [0, 0.1) is 0 Å². The Morgan fingerprint density at radius 1 is 1.04 bits per heavy atom. The molecule has 0 aromatic rings. The van der Waals surface area contributed by atoms with E-state index >= 15 is 0 Å². The molecule has 0 saturated heterocycles. The zero-order valence-electron chi connectivity index (χ0n) is 15.9. The Morgan fingerprint density at radius 2 is 1.57 bits per heavy atom. The molecule has 0 atom stereocenters. The number of halogens is 1. The lowest BCUT2D eigenvalue weighted by Gasteiger charge is -2.30. The van der Waals surface area contributed by atoms with E-state index in [1.807, 2.05) is 7.05 Å². The molecule has 0 spiro atoms. The molecule has 23 heavy (non-hydrogen) atoms. The zero-order chi connectivity index (χ0) is 16.5. The highest BCUT2D eigenvalue weighted by molar-refractivity contribution is 14.0. The van der Waals surface area contributed by atoms with Crippen LogP contribution in [0.3, 0.4) is 0 Å². The molecule has 1 aliphatic rings. The highest BCUT2D eigenvalue weighted by atomic mass is 127. The molecule has 0 aromatic carbocycles. The first-order chi connectivity index (χ1) is 10.5. The minimum absolute atomic E-state index is 0. The van der Waals surface area contributed by atoms with Crippen LogP contribution in [0.2, 0.25) is 0 Å². The van der Waals surface area contributed by atoms with Gasteiger partial charge in [0.15, 0.2) is 5.96 Å². The minimum atomic E-state index is 0. The predicted octanol–water partition coefficient (Wildman–Crippen LogP) is 2.37. The first kappa shape index (κ1) is 22.9. The molecule has 0 aromatic heterocycles. The van der Waals surface area contributed by atoms with E-state index in [9.17, 15) is 0 Å². The van der Waals surface area contributed by atoms with Crippen molar-refractivity contribution in [2.45, 2.75) is 65.6 Å². The second kappa shape index (κ2) is 12.3. The molecule has 5 nitrogen and oxygen atoms in total. The van der Waals surface area contributed by atoms with E-state index < -0.39 is 0 Å². The van der Waals surface area contributed by atoms with Crippen LogP contribution in [0.4, 0.5) is 0 Å². The van der Waals surface area contributed by atoms with Crippen LogP contribution in [0.5, 0.6) is 0 Å². The first-order valence-electron chi connectivity index (χ1n) is 8.93. The number of rotatable bonds is 10. The standard InChI is InChI=1S/C17H37N5.HI/c1-7-21(16-8-9-16)12-10-19-17(18-6)20-11-13-22(14(2)3)15(4)5;/h14-16H,7-13H2,1-6H3,(H2,18,19,20);1H. The maximum Gasteiger partial charge on any atom is 0.191 e. The molecule has 0 unspecified atom stereocenters. The maximum atomic E-state index is 4.32. The number of hydrogen-bond acceptors (Lipinski definition) is 3. The van der Waals surface area contributed by atoms with Crippen molar-refractivity contribution in [3.8, 4) is 0 Å². The summed E-state index contributed by atoms with van der Waals surface area (Å²) < 4.78 is 0. The third kappa shape index (κ3) is 9.10. The summed E-state index contributed by atoms with van der Waals surface area (Å²) in [5.74, 6) is 0.916. The molecule has 1 rings (SSSR count). The Hall–Kier alpha value is -0.0800. The molecule has 0 radical (unpaired) electrons. The molecule has 0 heterocycles. The maximum absolute atomic E-state index is 4.32. The van der Waals surface area contributed by atoms with Crippen LogP contribution < -0.4 is 10.6 Å². The van der Waals surface area contributed by atoms with E-state index in [0.29, 0.717) is 12.1 Å². The molecule has 0 bridgehead atoms. The molecule has 6 heteroatoms. The van der Waals surface area contributed by atoms with Gasteiger partial charge in [0.25, 0.3) is 0 Å². The van der Waals surface area contributed by atoms with Crippen molar-refractivity contribution in [2.24, 2.45) is 4.99 Å². The first-order valence-corrected chi connectivity index (χ1v) is 8.93. The lowest BCUT2D eigenvalue weighted by atomic mass is 10.2. The molecule has 1 fully saturated rings. The zero-order valence-corrected chi connectivity index (χ0v) is 18.3. The predicted molar refractivity (Wildman–Crippen MR) is 112 cm³/mol. The van der Waals surface area contributed by atoms with Gasteiger partial charge in [-0.25, -0.2) is 0 Å². The number of guanidine groups is 1. The molecule has 0 amide bonds. The Kier molecular flexibility index (Phi) is 12.3. The Bertz CT molecular complexity index is 321. The van der Waals surface area contributed by atoms with Crippen molar-refractivity contribution < 1.29 is 0 Å². The van der Waals surface area contributed by atoms with E-state index in [-0.39, 0.29) is 24.0 Å². The molecular formula is C17H38IN5. The molecular weight excluding hydrogens is 401 g/mol. The number of aliphatic imine (C=N–C) groups is 1. The van der Waals surface area contributed by atoms with Crippen molar-refractivity contribution in [1.82, 2.24) is 20.4 Å². The molecule has 1 aliphatic carbocycles. The SMILES string of the molecule is CCN(CCNC(=NC)NCCN(C(C)C)C(C)C)C1CC1.I. The topological polar surface area (TPSA) is 42.9 Å². The summed E-state index contributed by atoms with van der Waals surface area (Å²) in [6.07, 6.45) is 2.75. The lowest BCUT2D eigenvalue weighted by molar-refractivity contribution is 0.178. The summed E-state index contributed by atoms with van der Waals surface area (Å²) in [4.78, 5) is 9.36. The van der Waals surface area contributed by atoms with E-state index in [1.54, 1.807) is 0 Å². The van der Waals surface area contributed by atoms with Crippen LogP contribution in [-0.4, -0.2) is 73.7 Å². The number of likely N-dealkylation sites (N-methyl/N-ethyl adjacent to an activating group) is 1. The van der Waals surface area contributed by atoms with Crippen molar-refractivity contribution in [1.29, 1.82) is 0 Å². The quantitative estimate of drug-likeness (QED) is 0.312. The van der Waals surface area contributed by atoms with E-state index in [2.05, 4.69) is 60.0 Å². The van der Waals surface area contributed by atoms with Gasteiger partial charge in [0.05, 0.1) is 0 Å². The van der Waals surface area contributed by atoms with Crippen LogP contribution in [0.25, 0.3) is 0 Å². The Labute approximate surface area is 160 Å². The number of nitrogens with one attached hydrogen (secondary N) is 2. The van der Waals surface area contributed by atoms with Gasteiger partial charge in [-0.2, -0.15) is 0 Å². The molecule has 2 N–H and O–H groups in total. The fourth-order valence-electron chi connectivity index (χ4n) is 2.99. The molecule has 0 aliphatic heterocycles. The summed E-state index contributed by atoms with van der Waals surface area (Å²) in [7, 11) is 1.84. The highest BCUT2D eigenvalue weighted by Gasteiger charge is 2.27. The average molecular weight is 439 g/mol. The Morgan fingerprint density at radius 3 is 1.96 bits per heavy atom. The average Bonchev–Trinajstić information content (AvgIpc) is 3.29. The molecule has 138 valence electrons. The van der Waals surface area contributed by atoms with Crippen LogP contribution >= 0.6 is 24.0 Å². The van der Waals surface area contributed by atoms with Gasteiger partial charge in [-0.1, -0.05) is 6.92 Å². The van der Waals surface area contributed by atoms with Gasteiger partial charge in [-0.15, -0.1) is 24.0 Å². The second-order valence-electron chi connectivity index (χ2n) is 6.71. The van der Waals surface area contributed by atoms with Gasteiger partial charge in [-0.05, 0) is 47.1 Å². The normalized spacial score (nSPS) is 15.5. The van der Waals surface area contributed by atoms with Crippen molar-refractivity contribution in [2.75, 3.05) is 39.8 Å². The van der Waals surface area contributed by atoms with Crippen LogP contribution in [-0.2, 0) is 0 Å². The van der Waals surface area contributed by atoms with Crippen LogP contribution in [0.15, 0.2) is 4.99 Å². The third-order valence-corrected chi connectivity index (χ3v) is 4.37. The summed E-state index contributed by atoms with van der Waals surface area (Å²) in [5.41, 5.74) is 0. The van der Waals surface area contributed by atoms with E-state index in [0.717, 1.165) is 44.7 Å². The van der Waals surface area contributed by atoms with Gasteiger partial charge in [0.2, 0.25) is 0 Å². The fraction of sp³-hybridized carbons (Fsp3) is 0.941. The summed E-state index contributed by atoms with van der Waals surface area (Å²) in [6, 6.07) is 1.99. The van der Waals surface area contributed by atoms with Crippen molar-refractivity contribution in [3.63, 3.8) is 0 Å². The Balaban J connectivity index is 0.00000484. The summed E-state index contributed by atoms with van der Waals surface area (Å²) in [5, 5.41) is 6.85. The van der Waals surface area contributed by atoms with Gasteiger partial charge in [0.1, 0.15) is 0 Å². The highest BCUT2D eigenvalue weighted by Crippen LogP contribution is 2.25. The number of hydrogen-bond donors (Lipinski definition) is 2. The molecule has 1 saturated carbocycles. The summed E-state index contributed by atoms with van der Waals surface area (Å²) in [6.45, 7) is 16.4. The van der Waals surface area contributed by atoms with E-state index in [1.165, 1.54) is 12.8 Å². The van der Waals surface area contributed by atoms with E-state index in [4.69, 9.17) is 0 Å².